The molecule has 1 aliphatic heterocycles. The zero-order chi connectivity index (χ0) is 10.8. The first-order valence-corrected chi connectivity index (χ1v) is 6.16. The third-order valence-corrected chi connectivity index (χ3v) is 3.75. The van der Waals surface area contributed by atoms with Crippen molar-refractivity contribution >= 4 is 23.2 Å². The van der Waals surface area contributed by atoms with Gasteiger partial charge < -0.3 is 5.32 Å². The molecule has 1 aromatic rings. The van der Waals surface area contributed by atoms with Gasteiger partial charge in [0.1, 0.15) is 0 Å². The van der Waals surface area contributed by atoms with E-state index in [1.165, 1.54) is 12.8 Å². The summed E-state index contributed by atoms with van der Waals surface area (Å²) in [6, 6.07) is 6.08. The van der Waals surface area contributed by atoms with E-state index in [1.807, 2.05) is 18.2 Å². The molecule has 3 heteroatoms. The van der Waals surface area contributed by atoms with E-state index in [9.17, 15) is 0 Å². The first-order chi connectivity index (χ1) is 7.22. The van der Waals surface area contributed by atoms with E-state index in [1.54, 1.807) is 0 Å². The fraction of sp³-hybridized carbons (Fsp3) is 0.500. The Morgan fingerprint density at radius 3 is 2.93 bits per heavy atom. The van der Waals surface area contributed by atoms with Gasteiger partial charge in [0, 0.05) is 16.1 Å². The second-order valence-electron chi connectivity index (χ2n) is 4.05. The van der Waals surface area contributed by atoms with Crippen LogP contribution in [-0.4, -0.2) is 6.54 Å². The van der Waals surface area contributed by atoms with Gasteiger partial charge in [0.15, 0.2) is 0 Å². The predicted octanol–water partition coefficient (Wildman–Crippen LogP) is 4.05. The summed E-state index contributed by atoms with van der Waals surface area (Å²) in [5, 5.41) is 5.08. The molecule has 0 spiro atoms. The Bertz CT molecular complexity index is 351. The molecular formula is C12H15Cl2N. The van der Waals surface area contributed by atoms with Crippen LogP contribution in [0, 0.1) is 5.92 Å². The summed E-state index contributed by atoms with van der Waals surface area (Å²) in [7, 11) is 0. The van der Waals surface area contributed by atoms with E-state index in [0.717, 1.165) is 22.2 Å². The van der Waals surface area contributed by atoms with Gasteiger partial charge in [-0.25, -0.2) is 0 Å². The minimum atomic E-state index is 0.376. The largest absolute Gasteiger partial charge is 0.310 e. The lowest BCUT2D eigenvalue weighted by atomic mass is 9.92. The Labute approximate surface area is 101 Å². The van der Waals surface area contributed by atoms with Crippen LogP contribution in [0.4, 0.5) is 0 Å². The maximum atomic E-state index is 6.20. The molecule has 2 unspecified atom stereocenters. The lowest BCUT2D eigenvalue weighted by Crippen LogP contribution is -2.17. The molecule has 2 rings (SSSR count). The number of rotatable bonds is 2. The lowest BCUT2D eigenvalue weighted by molar-refractivity contribution is 0.449. The van der Waals surface area contributed by atoms with Crippen LogP contribution in [0.15, 0.2) is 18.2 Å². The van der Waals surface area contributed by atoms with Crippen molar-refractivity contribution in [2.24, 2.45) is 5.92 Å². The first kappa shape index (κ1) is 11.3. The third kappa shape index (κ3) is 2.30. The Morgan fingerprint density at radius 1 is 1.40 bits per heavy atom. The maximum Gasteiger partial charge on any atom is 0.0454 e. The van der Waals surface area contributed by atoms with Crippen molar-refractivity contribution in [2.75, 3.05) is 6.54 Å². The van der Waals surface area contributed by atoms with Gasteiger partial charge in [0.2, 0.25) is 0 Å². The zero-order valence-electron chi connectivity index (χ0n) is 8.76. The fourth-order valence-electron chi connectivity index (χ4n) is 2.31. The quantitative estimate of drug-likeness (QED) is 0.827. The Kier molecular flexibility index (Phi) is 3.55. The van der Waals surface area contributed by atoms with Crippen molar-refractivity contribution in [3.8, 4) is 0 Å². The van der Waals surface area contributed by atoms with Crippen LogP contribution >= 0.6 is 23.2 Å². The van der Waals surface area contributed by atoms with E-state index >= 15 is 0 Å². The molecule has 0 amide bonds. The lowest BCUT2D eigenvalue weighted by Gasteiger charge is -2.19. The van der Waals surface area contributed by atoms with Crippen molar-refractivity contribution < 1.29 is 0 Å². The second kappa shape index (κ2) is 4.73. The van der Waals surface area contributed by atoms with Crippen molar-refractivity contribution in [2.45, 2.75) is 25.8 Å². The van der Waals surface area contributed by atoms with Crippen molar-refractivity contribution in [3.05, 3.63) is 33.8 Å². The van der Waals surface area contributed by atoms with E-state index < -0.39 is 0 Å². The smallest absolute Gasteiger partial charge is 0.0454 e. The number of benzene rings is 1. The fourth-order valence-corrected chi connectivity index (χ4v) is 2.73. The van der Waals surface area contributed by atoms with Crippen LogP contribution in [0.25, 0.3) is 0 Å². The number of hydrogen-bond donors (Lipinski definition) is 1. The summed E-state index contributed by atoms with van der Waals surface area (Å²) in [5.41, 5.74) is 1.15. The highest BCUT2D eigenvalue weighted by molar-refractivity contribution is 6.33. The Morgan fingerprint density at radius 2 is 2.20 bits per heavy atom. The molecule has 15 heavy (non-hydrogen) atoms. The molecule has 0 saturated carbocycles. The zero-order valence-corrected chi connectivity index (χ0v) is 10.3. The molecule has 1 heterocycles. The number of halogens is 2. The summed E-state index contributed by atoms with van der Waals surface area (Å²) in [6.45, 7) is 3.30. The van der Waals surface area contributed by atoms with Crippen LogP contribution in [0.3, 0.4) is 0 Å². The molecule has 1 aromatic carbocycles. The van der Waals surface area contributed by atoms with Crippen molar-refractivity contribution in [1.82, 2.24) is 5.32 Å². The average Bonchev–Trinajstić information content (AvgIpc) is 2.69. The molecule has 2 atom stereocenters. The molecule has 1 N–H and O–H groups in total. The van der Waals surface area contributed by atoms with Crippen molar-refractivity contribution in [3.63, 3.8) is 0 Å². The van der Waals surface area contributed by atoms with E-state index in [-0.39, 0.29) is 0 Å². The number of nitrogens with one attached hydrogen (secondary N) is 1. The first-order valence-electron chi connectivity index (χ1n) is 5.40. The summed E-state index contributed by atoms with van der Waals surface area (Å²) in [4.78, 5) is 0. The summed E-state index contributed by atoms with van der Waals surface area (Å²) < 4.78 is 0. The SMILES string of the molecule is CCC1CCNC1c1cc(Cl)ccc1Cl. The average molecular weight is 244 g/mol. The minimum Gasteiger partial charge on any atom is -0.310 e. The van der Waals surface area contributed by atoms with Gasteiger partial charge in [-0.15, -0.1) is 0 Å². The summed E-state index contributed by atoms with van der Waals surface area (Å²) in [6.07, 6.45) is 2.41. The Balaban J connectivity index is 2.31. The normalized spacial score (nSPS) is 25.8. The van der Waals surface area contributed by atoms with Gasteiger partial charge in [0.05, 0.1) is 0 Å². The van der Waals surface area contributed by atoms with Gasteiger partial charge in [-0.2, -0.15) is 0 Å². The maximum absolute atomic E-state index is 6.20. The molecular weight excluding hydrogens is 229 g/mol. The van der Waals surface area contributed by atoms with E-state index in [2.05, 4.69) is 12.2 Å². The van der Waals surface area contributed by atoms with Crippen molar-refractivity contribution in [1.29, 1.82) is 0 Å². The molecule has 82 valence electrons. The van der Waals surface area contributed by atoms with Crippen LogP contribution in [0.1, 0.15) is 31.4 Å². The van der Waals surface area contributed by atoms with Gasteiger partial charge in [-0.3, -0.25) is 0 Å². The standard InChI is InChI=1S/C12H15Cl2N/c1-2-8-5-6-15-12(8)10-7-9(13)3-4-11(10)14/h3-4,7-8,12,15H,2,5-6H2,1H3. The van der Waals surface area contributed by atoms with Gasteiger partial charge in [0.25, 0.3) is 0 Å². The molecule has 0 aromatic heterocycles. The molecule has 1 nitrogen and oxygen atoms in total. The van der Waals surface area contributed by atoms with E-state index in [4.69, 9.17) is 23.2 Å². The summed E-state index contributed by atoms with van der Waals surface area (Å²) >= 11 is 12.2. The predicted molar refractivity (Wildman–Crippen MR) is 65.6 cm³/mol. The molecule has 0 bridgehead atoms. The monoisotopic (exact) mass is 243 g/mol. The van der Waals surface area contributed by atoms with Crippen LogP contribution < -0.4 is 5.32 Å². The molecule has 1 aliphatic rings. The van der Waals surface area contributed by atoms with Crippen LogP contribution in [0.5, 0.6) is 0 Å². The van der Waals surface area contributed by atoms with Gasteiger partial charge >= 0.3 is 0 Å². The summed E-state index contributed by atoms with van der Waals surface area (Å²) in [5.74, 6) is 0.681. The molecule has 0 aliphatic carbocycles. The minimum absolute atomic E-state index is 0.376. The van der Waals surface area contributed by atoms with Crippen LogP contribution in [0.2, 0.25) is 10.0 Å². The second-order valence-corrected chi connectivity index (χ2v) is 4.90. The Hall–Kier alpha value is -0.240. The molecule has 0 radical (unpaired) electrons. The van der Waals surface area contributed by atoms with Crippen LogP contribution in [-0.2, 0) is 0 Å². The topological polar surface area (TPSA) is 12.0 Å². The third-order valence-electron chi connectivity index (χ3n) is 3.17. The highest BCUT2D eigenvalue weighted by Gasteiger charge is 2.28. The number of hydrogen-bond acceptors (Lipinski definition) is 1. The highest BCUT2D eigenvalue weighted by Crippen LogP contribution is 2.36. The molecule has 1 saturated heterocycles. The molecule has 1 fully saturated rings. The van der Waals surface area contributed by atoms with Gasteiger partial charge in [-0.05, 0) is 42.6 Å². The van der Waals surface area contributed by atoms with Gasteiger partial charge in [-0.1, -0.05) is 36.5 Å². The van der Waals surface area contributed by atoms with E-state index in [0.29, 0.717) is 12.0 Å². The highest BCUT2D eigenvalue weighted by atomic mass is 35.5.